The number of hydrogen-bond donors (Lipinski definition) is 1. The summed E-state index contributed by atoms with van der Waals surface area (Å²) >= 11 is 5.66. The summed E-state index contributed by atoms with van der Waals surface area (Å²) in [7, 11) is 1.72. The molecule has 0 fully saturated rings. The number of hydrogen-bond acceptors (Lipinski definition) is 4. The molecule has 15 heavy (non-hydrogen) atoms. The van der Waals surface area contributed by atoms with E-state index in [1.54, 1.807) is 19.5 Å². The fourth-order valence-corrected chi connectivity index (χ4v) is 1.25. The quantitative estimate of drug-likeness (QED) is 0.730. The van der Waals surface area contributed by atoms with Crippen molar-refractivity contribution >= 4 is 17.5 Å². The molecule has 0 aliphatic rings. The van der Waals surface area contributed by atoms with Crippen molar-refractivity contribution in [1.82, 2.24) is 9.97 Å². The first-order chi connectivity index (χ1) is 7.33. The third kappa shape index (κ3) is 5.54. The Hall–Kier alpha value is -0.870. The maximum Gasteiger partial charge on any atom is 0.222 e. The molecule has 1 heterocycles. The van der Waals surface area contributed by atoms with Gasteiger partial charge < -0.3 is 10.1 Å². The summed E-state index contributed by atoms with van der Waals surface area (Å²) in [6.45, 7) is 1.71. The van der Waals surface area contributed by atoms with Crippen molar-refractivity contribution in [3.05, 3.63) is 17.4 Å². The van der Waals surface area contributed by atoms with Crippen molar-refractivity contribution in [3.63, 3.8) is 0 Å². The van der Waals surface area contributed by atoms with Crippen molar-refractivity contribution in [2.24, 2.45) is 0 Å². The first kappa shape index (κ1) is 12.2. The number of nitrogens with zero attached hydrogens (tertiary/aromatic N) is 2. The Kier molecular flexibility index (Phi) is 6.04. The molecule has 0 saturated heterocycles. The summed E-state index contributed by atoms with van der Waals surface area (Å²) < 4.78 is 4.96. The normalized spacial score (nSPS) is 10.3. The lowest BCUT2D eigenvalue weighted by Crippen LogP contribution is -2.05. The van der Waals surface area contributed by atoms with Crippen LogP contribution in [0.2, 0.25) is 5.02 Å². The lowest BCUT2D eigenvalue weighted by Gasteiger charge is -2.03. The molecular formula is C10H16ClN3O. The van der Waals surface area contributed by atoms with E-state index >= 15 is 0 Å². The van der Waals surface area contributed by atoms with Gasteiger partial charge in [0, 0.05) is 20.3 Å². The van der Waals surface area contributed by atoms with E-state index in [-0.39, 0.29) is 0 Å². The lowest BCUT2D eigenvalue weighted by atomic mass is 10.2. The number of aromatic nitrogens is 2. The van der Waals surface area contributed by atoms with Crippen LogP contribution in [0.5, 0.6) is 0 Å². The van der Waals surface area contributed by atoms with Crippen molar-refractivity contribution in [2.75, 3.05) is 25.6 Å². The smallest absolute Gasteiger partial charge is 0.222 e. The standard InChI is InChI=1S/C10H16ClN3O/c1-15-6-4-2-3-5-12-10-13-7-9(11)8-14-10/h7-8H,2-6H2,1H3,(H,12,13,14). The van der Waals surface area contributed by atoms with Crippen LogP contribution in [-0.2, 0) is 4.74 Å². The number of halogens is 1. The molecule has 0 aromatic carbocycles. The van der Waals surface area contributed by atoms with Crippen molar-refractivity contribution in [2.45, 2.75) is 19.3 Å². The largest absolute Gasteiger partial charge is 0.385 e. The van der Waals surface area contributed by atoms with Crippen LogP contribution < -0.4 is 5.32 Å². The molecule has 0 radical (unpaired) electrons. The highest BCUT2D eigenvalue weighted by molar-refractivity contribution is 6.30. The molecule has 0 aliphatic heterocycles. The highest BCUT2D eigenvalue weighted by Crippen LogP contribution is 2.05. The summed E-state index contributed by atoms with van der Waals surface area (Å²) in [6, 6.07) is 0. The molecule has 1 rings (SSSR count). The van der Waals surface area contributed by atoms with Crippen LogP contribution in [0.3, 0.4) is 0 Å². The maximum absolute atomic E-state index is 5.66. The van der Waals surface area contributed by atoms with Crippen molar-refractivity contribution < 1.29 is 4.74 Å². The summed E-state index contributed by atoms with van der Waals surface area (Å²) in [5.41, 5.74) is 0. The van der Waals surface area contributed by atoms with Gasteiger partial charge in [-0.3, -0.25) is 0 Å². The van der Waals surface area contributed by atoms with E-state index in [1.807, 2.05) is 0 Å². The van der Waals surface area contributed by atoms with E-state index < -0.39 is 0 Å². The molecule has 4 nitrogen and oxygen atoms in total. The average molecular weight is 230 g/mol. The van der Waals surface area contributed by atoms with Crippen LogP contribution in [0.1, 0.15) is 19.3 Å². The van der Waals surface area contributed by atoms with E-state index in [9.17, 15) is 0 Å². The van der Waals surface area contributed by atoms with Crippen LogP contribution in [0, 0.1) is 0 Å². The Morgan fingerprint density at radius 3 is 2.67 bits per heavy atom. The zero-order valence-electron chi connectivity index (χ0n) is 8.87. The monoisotopic (exact) mass is 229 g/mol. The molecule has 1 N–H and O–H groups in total. The fraction of sp³-hybridized carbons (Fsp3) is 0.600. The Labute approximate surface area is 95.0 Å². The van der Waals surface area contributed by atoms with Crippen LogP contribution >= 0.6 is 11.6 Å². The van der Waals surface area contributed by atoms with Gasteiger partial charge in [-0.2, -0.15) is 0 Å². The number of unbranched alkanes of at least 4 members (excludes halogenated alkanes) is 2. The van der Waals surface area contributed by atoms with Gasteiger partial charge in [0.15, 0.2) is 0 Å². The minimum absolute atomic E-state index is 0.556. The molecular weight excluding hydrogens is 214 g/mol. The van der Waals surface area contributed by atoms with Gasteiger partial charge in [-0.15, -0.1) is 0 Å². The van der Waals surface area contributed by atoms with Gasteiger partial charge in [0.05, 0.1) is 17.4 Å². The van der Waals surface area contributed by atoms with Gasteiger partial charge in [-0.25, -0.2) is 9.97 Å². The minimum atomic E-state index is 0.556. The highest BCUT2D eigenvalue weighted by atomic mass is 35.5. The summed E-state index contributed by atoms with van der Waals surface area (Å²) in [4.78, 5) is 8.07. The van der Waals surface area contributed by atoms with Gasteiger partial charge in [-0.05, 0) is 19.3 Å². The van der Waals surface area contributed by atoms with E-state index in [4.69, 9.17) is 16.3 Å². The second-order valence-corrected chi connectivity index (χ2v) is 3.64. The topological polar surface area (TPSA) is 47.0 Å². The molecule has 1 aromatic rings. The number of rotatable bonds is 7. The molecule has 0 spiro atoms. The first-order valence-corrected chi connectivity index (χ1v) is 5.41. The van der Waals surface area contributed by atoms with Gasteiger partial charge >= 0.3 is 0 Å². The van der Waals surface area contributed by atoms with E-state index in [1.165, 1.54) is 0 Å². The van der Waals surface area contributed by atoms with E-state index in [0.29, 0.717) is 11.0 Å². The summed E-state index contributed by atoms with van der Waals surface area (Å²) in [5.74, 6) is 0.631. The lowest BCUT2D eigenvalue weighted by molar-refractivity contribution is 0.192. The van der Waals surface area contributed by atoms with Crippen LogP contribution in [0.25, 0.3) is 0 Å². The molecule has 0 aliphatic carbocycles. The van der Waals surface area contributed by atoms with Crippen molar-refractivity contribution in [3.8, 4) is 0 Å². The Bertz CT molecular complexity index is 266. The predicted octanol–water partition coefficient (Wildman–Crippen LogP) is 2.36. The van der Waals surface area contributed by atoms with E-state index in [2.05, 4.69) is 15.3 Å². The molecule has 84 valence electrons. The Balaban J connectivity index is 2.07. The number of methoxy groups -OCH3 is 1. The number of nitrogens with one attached hydrogen (secondary N) is 1. The SMILES string of the molecule is COCCCCCNc1ncc(Cl)cn1. The zero-order chi connectivity index (χ0) is 10.9. The molecule has 0 unspecified atom stereocenters. The van der Waals surface area contributed by atoms with Crippen LogP contribution in [0.4, 0.5) is 5.95 Å². The van der Waals surface area contributed by atoms with E-state index in [0.717, 1.165) is 32.4 Å². The first-order valence-electron chi connectivity index (χ1n) is 5.03. The van der Waals surface area contributed by atoms with Gasteiger partial charge in [0.2, 0.25) is 5.95 Å². The van der Waals surface area contributed by atoms with Crippen molar-refractivity contribution in [1.29, 1.82) is 0 Å². The van der Waals surface area contributed by atoms with Gasteiger partial charge in [0.1, 0.15) is 0 Å². The van der Waals surface area contributed by atoms with Gasteiger partial charge in [-0.1, -0.05) is 11.6 Å². The average Bonchev–Trinajstić information content (AvgIpc) is 2.26. The predicted molar refractivity (Wildman–Crippen MR) is 61.3 cm³/mol. The maximum atomic E-state index is 5.66. The Morgan fingerprint density at radius 2 is 2.00 bits per heavy atom. The zero-order valence-corrected chi connectivity index (χ0v) is 9.63. The second kappa shape index (κ2) is 7.43. The molecule has 1 aromatic heterocycles. The Morgan fingerprint density at radius 1 is 1.27 bits per heavy atom. The summed E-state index contributed by atoms with van der Waals surface area (Å²) in [5, 5.41) is 3.68. The molecule has 0 amide bonds. The number of anilines is 1. The summed E-state index contributed by atoms with van der Waals surface area (Å²) in [6.07, 6.45) is 6.51. The third-order valence-electron chi connectivity index (χ3n) is 1.93. The molecule has 0 bridgehead atoms. The number of ether oxygens (including phenoxy) is 1. The third-order valence-corrected chi connectivity index (χ3v) is 2.12. The van der Waals surface area contributed by atoms with Crippen LogP contribution in [0.15, 0.2) is 12.4 Å². The fourth-order valence-electron chi connectivity index (χ4n) is 1.15. The molecule has 5 heteroatoms. The van der Waals surface area contributed by atoms with Crippen LogP contribution in [-0.4, -0.2) is 30.2 Å². The highest BCUT2D eigenvalue weighted by Gasteiger charge is 1.94. The second-order valence-electron chi connectivity index (χ2n) is 3.21. The molecule has 0 atom stereocenters. The molecule has 0 saturated carbocycles. The van der Waals surface area contributed by atoms with Gasteiger partial charge in [0.25, 0.3) is 0 Å². The minimum Gasteiger partial charge on any atom is -0.385 e.